The van der Waals surface area contributed by atoms with Gasteiger partial charge < -0.3 is 13.9 Å². The first kappa shape index (κ1) is 18.4. The lowest BCUT2D eigenvalue weighted by Crippen LogP contribution is -2.30. The number of Topliss-reactive ketones (excluding diaryl/α,β-unsaturated/α-hetero) is 1. The lowest BCUT2D eigenvalue weighted by Gasteiger charge is -2.22. The zero-order chi connectivity index (χ0) is 21.0. The topological polar surface area (TPSA) is 96.8 Å². The van der Waals surface area contributed by atoms with E-state index in [9.17, 15) is 14.7 Å². The predicted molar refractivity (Wildman–Crippen MR) is 111 cm³/mol. The number of nitrogens with zero attached hydrogens (tertiary/aromatic N) is 2. The van der Waals surface area contributed by atoms with Gasteiger partial charge in [-0.3, -0.25) is 14.5 Å². The Bertz CT molecular complexity index is 1330. The largest absolute Gasteiger partial charge is 0.503 e. The standard InChI is InChI=1S/C22H16N2O5S/c1-11-3-5-14-16(9-11)30-22(23-14)24-18(13-7-8-28-10-13)17(20(26)21(24)27)19(25)15-6-4-12(2)29-15/h3-10,18,26H,1-2H3. The van der Waals surface area contributed by atoms with Crippen molar-refractivity contribution in [3.8, 4) is 0 Å². The van der Waals surface area contributed by atoms with Crippen molar-refractivity contribution < 1.29 is 23.5 Å². The van der Waals surface area contributed by atoms with Crippen LogP contribution in [0.1, 0.15) is 33.5 Å². The van der Waals surface area contributed by atoms with Crippen molar-refractivity contribution in [3.05, 3.63) is 82.9 Å². The molecule has 4 heterocycles. The predicted octanol–water partition coefficient (Wildman–Crippen LogP) is 4.88. The molecule has 3 aromatic heterocycles. The highest BCUT2D eigenvalue weighted by Gasteiger charge is 2.46. The van der Waals surface area contributed by atoms with Crippen LogP contribution in [-0.2, 0) is 4.79 Å². The molecule has 5 rings (SSSR count). The molecule has 1 N–H and O–H groups in total. The second kappa shape index (κ2) is 6.70. The zero-order valence-electron chi connectivity index (χ0n) is 16.1. The molecule has 150 valence electrons. The molecule has 7 nitrogen and oxygen atoms in total. The number of benzene rings is 1. The van der Waals surface area contributed by atoms with Crippen LogP contribution in [0.3, 0.4) is 0 Å². The first-order valence-corrected chi connectivity index (χ1v) is 10.0. The number of aryl methyl sites for hydroxylation is 2. The van der Waals surface area contributed by atoms with Gasteiger partial charge in [-0.05, 0) is 49.7 Å². The van der Waals surface area contributed by atoms with Gasteiger partial charge in [-0.15, -0.1) is 0 Å². The molecule has 0 radical (unpaired) electrons. The maximum absolute atomic E-state index is 13.2. The molecular weight excluding hydrogens is 404 g/mol. The first-order valence-electron chi connectivity index (χ1n) is 9.21. The van der Waals surface area contributed by atoms with Crippen LogP contribution in [0.2, 0.25) is 0 Å². The van der Waals surface area contributed by atoms with Crippen molar-refractivity contribution in [2.45, 2.75) is 19.9 Å². The molecular formula is C22H16N2O5S. The van der Waals surface area contributed by atoms with Crippen LogP contribution in [0.25, 0.3) is 10.2 Å². The number of thiazole rings is 1. The number of rotatable bonds is 4. The van der Waals surface area contributed by atoms with E-state index in [1.165, 1.54) is 34.8 Å². The molecule has 1 aromatic carbocycles. The summed E-state index contributed by atoms with van der Waals surface area (Å²) in [5, 5.41) is 11.1. The summed E-state index contributed by atoms with van der Waals surface area (Å²) in [6.45, 7) is 3.69. The van der Waals surface area contributed by atoms with E-state index in [1.54, 1.807) is 19.1 Å². The minimum atomic E-state index is -0.879. The zero-order valence-corrected chi connectivity index (χ0v) is 16.9. The van der Waals surface area contributed by atoms with E-state index in [-0.39, 0.29) is 11.3 Å². The Hall–Kier alpha value is -3.65. The number of hydrogen-bond acceptors (Lipinski definition) is 7. The van der Waals surface area contributed by atoms with Gasteiger partial charge in [0.2, 0.25) is 5.78 Å². The molecule has 0 saturated carbocycles. The highest BCUT2D eigenvalue weighted by molar-refractivity contribution is 7.22. The Morgan fingerprint density at radius 3 is 2.73 bits per heavy atom. The van der Waals surface area contributed by atoms with Crippen molar-refractivity contribution >= 4 is 38.4 Å². The Morgan fingerprint density at radius 1 is 1.20 bits per heavy atom. The molecule has 1 aliphatic rings. The van der Waals surface area contributed by atoms with Gasteiger partial charge in [0.05, 0.1) is 28.3 Å². The summed E-state index contributed by atoms with van der Waals surface area (Å²) in [6.07, 6.45) is 2.90. The van der Waals surface area contributed by atoms with E-state index in [0.29, 0.717) is 16.5 Å². The summed E-state index contributed by atoms with van der Waals surface area (Å²) in [4.78, 5) is 32.2. The van der Waals surface area contributed by atoms with Gasteiger partial charge in [0.1, 0.15) is 11.8 Å². The van der Waals surface area contributed by atoms with Crippen LogP contribution in [0.5, 0.6) is 0 Å². The smallest absolute Gasteiger partial charge is 0.296 e. The van der Waals surface area contributed by atoms with Crippen LogP contribution in [-0.4, -0.2) is 21.8 Å². The van der Waals surface area contributed by atoms with Crippen LogP contribution in [0, 0.1) is 13.8 Å². The monoisotopic (exact) mass is 420 g/mol. The fourth-order valence-corrected chi connectivity index (χ4v) is 4.68. The molecule has 0 bridgehead atoms. The van der Waals surface area contributed by atoms with E-state index < -0.39 is 23.5 Å². The fraction of sp³-hybridized carbons (Fsp3) is 0.136. The number of fused-ring (bicyclic) bond motifs is 1. The Morgan fingerprint density at radius 2 is 2.03 bits per heavy atom. The van der Waals surface area contributed by atoms with E-state index in [2.05, 4.69) is 4.98 Å². The summed E-state index contributed by atoms with van der Waals surface area (Å²) in [5.74, 6) is -1.25. The van der Waals surface area contributed by atoms with E-state index in [4.69, 9.17) is 8.83 Å². The number of hydrogen-bond donors (Lipinski definition) is 1. The summed E-state index contributed by atoms with van der Waals surface area (Å²) >= 11 is 1.32. The minimum Gasteiger partial charge on any atom is -0.503 e. The quantitative estimate of drug-likeness (QED) is 0.473. The number of aromatic nitrogens is 1. The van der Waals surface area contributed by atoms with Crippen LogP contribution < -0.4 is 4.90 Å². The van der Waals surface area contributed by atoms with Gasteiger partial charge >= 0.3 is 0 Å². The number of amides is 1. The van der Waals surface area contributed by atoms with Crippen molar-refractivity contribution in [1.82, 2.24) is 4.98 Å². The van der Waals surface area contributed by atoms with Gasteiger partial charge in [0.15, 0.2) is 16.7 Å². The molecule has 4 aromatic rings. The van der Waals surface area contributed by atoms with Crippen LogP contribution >= 0.6 is 11.3 Å². The number of ketones is 1. The maximum Gasteiger partial charge on any atom is 0.296 e. The van der Waals surface area contributed by atoms with E-state index in [0.717, 1.165) is 15.8 Å². The minimum absolute atomic E-state index is 0.0529. The number of carbonyl (C=O) groups is 2. The van der Waals surface area contributed by atoms with Crippen LogP contribution in [0.4, 0.5) is 5.13 Å². The fourth-order valence-electron chi connectivity index (χ4n) is 3.59. The van der Waals surface area contributed by atoms with Crippen LogP contribution in [0.15, 0.2) is 69.1 Å². The molecule has 8 heteroatoms. The summed E-state index contributed by atoms with van der Waals surface area (Å²) in [6, 6.07) is 9.75. The Balaban J connectivity index is 1.66. The molecule has 0 fully saturated rings. The molecule has 1 atom stereocenters. The summed E-state index contributed by atoms with van der Waals surface area (Å²) in [7, 11) is 0. The molecule has 0 saturated heterocycles. The van der Waals surface area contributed by atoms with E-state index in [1.807, 2.05) is 25.1 Å². The van der Waals surface area contributed by atoms with Crippen molar-refractivity contribution in [2.24, 2.45) is 0 Å². The molecule has 1 amide bonds. The summed E-state index contributed by atoms with van der Waals surface area (Å²) < 4.78 is 11.6. The highest BCUT2D eigenvalue weighted by Crippen LogP contribution is 2.44. The third-order valence-corrected chi connectivity index (χ3v) is 6.03. The molecule has 0 spiro atoms. The average Bonchev–Trinajstić information content (AvgIpc) is 3.49. The van der Waals surface area contributed by atoms with Gasteiger partial charge in [0, 0.05) is 5.56 Å². The third-order valence-electron chi connectivity index (χ3n) is 5.01. The van der Waals surface area contributed by atoms with Crippen molar-refractivity contribution in [1.29, 1.82) is 0 Å². The lowest BCUT2D eigenvalue weighted by molar-refractivity contribution is -0.117. The Labute approximate surface area is 174 Å². The average molecular weight is 420 g/mol. The number of aliphatic hydroxyl groups is 1. The normalized spacial score (nSPS) is 16.8. The van der Waals surface area contributed by atoms with Gasteiger partial charge in [0.25, 0.3) is 5.91 Å². The molecule has 1 unspecified atom stereocenters. The lowest BCUT2D eigenvalue weighted by atomic mass is 9.97. The second-order valence-corrected chi connectivity index (χ2v) is 8.11. The van der Waals surface area contributed by atoms with Crippen molar-refractivity contribution in [2.75, 3.05) is 4.90 Å². The van der Waals surface area contributed by atoms with E-state index >= 15 is 0 Å². The molecule has 30 heavy (non-hydrogen) atoms. The highest BCUT2D eigenvalue weighted by atomic mass is 32.1. The van der Waals surface area contributed by atoms with Gasteiger partial charge in [-0.1, -0.05) is 17.4 Å². The Kier molecular flexibility index (Phi) is 4.11. The van der Waals surface area contributed by atoms with Gasteiger partial charge in [-0.2, -0.15) is 0 Å². The molecule has 0 aliphatic carbocycles. The number of furan rings is 2. The first-order chi connectivity index (χ1) is 14.4. The van der Waals surface area contributed by atoms with Gasteiger partial charge in [-0.25, -0.2) is 4.98 Å². The van der Waals surface area contributed by atoms with Crippen molar-refractivity contribution in [3.63, 3.8) is 0 Å². The molecule has 1 aliphatic heterocycles. The number of aliphatic hydroxyl groups excluding tert-OH is 1. The summed E-state index contributed by atoms with van der Waals surface area (Å²) in [5.41, 5.74) is 2.29. The SMILES string of the molecule is Cc1ccc2nc(N3C(=O)C(O)=C(C(=O)c4ccc(C)o4)C3c3ccoc3)sc2c1. The number of anilines is 1. The number of carbonyl (C=O) groups excluding carboxylic acids is 2. The second-order valence-electron chi connectivity index (χ2n) is 7.10. The maximum atomic E-state index is 13.2. The third kappa shape index (κ3) is 2.76.